The van der Waals surface area contributed by atoms with Crippen molar-refractivity contribution >= 4 is 23.2 Å². The molecule has 0 bridgehead atoms. The number of carbonyl (C=O) groups is 1. The van der Waals surface area contributed by atoms with Gasteiger partial charge in [-0.15, -0.1) is 0 Å². The zero-order valence-corrected chi connectivity index (χ0v) is 11.6. The lowest BCUT2D eigenvalue weighted by molar-refractivity contribution is -0.121. The summed E-state index contributed by atoms with van der Waals surface area (Å²) >= 11 is 0. The van der Waals surface area contributed by atoms with Crippen molar-refractivity contribution in [2.45, 2.75) is 6.54 Å². The lowest BCUT2D eigenvalue weighted by atomic mass is 10.2. The molecule has 0 aliphatic carbocycles. The Hall–Kier alpha value is -3.02. The molecule has 110 valence electrons. The van der Waals surface area contributed by atoms with E-state index in [2.05, 4.69) is 15.5 Å². The summed E-state index contributed by atoms with van der Waals surface area (Å²) in [6.07, 6.45) is 3.01. The number of halogens is 1. The molecule has 0 fully saturated rings. The predicted molar refractivity (Wildman–Crippen MR) is 81.9 cm³/mol. The second kappa shape index (κ2) is 6.17. The number of benzene rings is 2. The number of hydrazone groups is 1. The Labute approximate surface area is 126 Å². The molecule has 1 amide bonds. The maximum absolute atomic E-state index is 13.0. The molecule has 1 heterocycles. The second-order valence-corrected chi connectivity index (χ2v) is 4.71. The van der Waals surface area contributed by atoms with Crippen molar-refractivity contribution in [3.05, 3.63) is 66.2 Å². The van der Waals surface area contributed by atoms with Crippen LogP contribution in [0, 0.1) is 5.82 Å². The Morgan fingerprint density at radius 1 is 1.27 bits per heavy atom. The average Bonchev–Trinajstić information content (AvgIpc) is 2.91. The molecule has 3 aromatic rings. The van der Waals surface area contributed by atoms with E-state index < -0.39 is 0 Å². The van der Waals surface area contributed by atoms with E-state index in [9.17, 15) is 9.18 Å². The van der Waals surface area contributed by atoms with E-state index in [-0.39, 0.29) is 18.3 Å². The van der Waals surface area contributed by atoms with Crippen LogP contribution in [0.4, 0.5) is 4.39 Å². The minimum Gasteiger partial charge on any atom is -0.321 e. The number of rotatable bonds is 4. The van der Waals surface area contributed by atoms with Crippen LogP contribution in [0.2, 0.25) is 0 Å². The summed E-state index contributed by atoms with van der Waals surface area (Å²) in [5.74, 6) is -0.629. The van der Waals surface area contributed by atoms with Crippen LogP contribution in [-0.2, 0) is 11.3 Å². The van der Waals surface area contributed by atoms with Crippen LogP contribution in [-0.4, -0.2) is 21.7 Å². The van der Waals surface area contributed by atoms with Crippen LogP contribution < -0.4 is 5.43 Å². The monoisotopic (exact) mass is 296 g/mol. The highest BCUT2D eigenvalue weighted by atomic mass is 19.1. The Balaban J connectivity index is 1.63. The Morgan fingerprint density at radius 2 is 2.14 bits per heavy atom. The van der Waals surface area contributed by atoms with Gasteiger partial charge in [0.15, 0.2) is 0 Å². The number of nitrogens with zero attached hydrogens (tertiary/aromatic N) is 3. The fourth-order valence-electron chi connectivity index (χ4n) is 2.09. The SMILES string of the molecule is O=C(Cn1cnc2ccccc21)N/N=C/c1cccc(F)c1. The van der Waals surface area contributed by atoms with Crippen LogP contribution in [0.3, 0.4) is 0 Å². The maximum Gasteiger partial charge on any atom is 0.260 e. The first kappa shape index (κ1) is 13.9. The van der Waals surface area contributed by atoms with Gasteiger partial charge in [-0.1, -0.05) is 24.3 Å². The molecular formula is C16H13FN4O. The van der Waals surface area contributed by atoms with Crippen LogP contribution in [0.1, 0.15) is 5.56 Å². The van der Waals surface area contributed by atoms with E-state index in [0.29, 0.717) is 5.56 Å². The molecule has 2 aromatic carbocycles. The van der Waals surface area contributed by atoms with Crippen molar-refractivity contribution in [2.24, 2.45) is 5.10 Å². The largest absolute Gasteiger partial charge is 0.321 e. The second-order valence-electron chi connectivity index (χ2n) is 4.71. The van der Waals surface area contributed by atoms with Crippen molar-refractivity contribution in [3.8, 4) is 0 Å². The predicted octanol–water partition coefficient (Wildman–Crippen LogP) is 2.33. The zero-order chi connectivity index (χ0) is 15.4. The molecule has 1 aromatic heterocycles. The Morgan fingerprint density at radius 3 is 3.00 bits per heavy atom. The van der Waals surface area contributed by atoms with Gasteiger partial charge in [-0.05, 0) is 29.8 Å². The van der Waals surface area contributed by atoms with Crippen molar-refractivity contribution in [1.82, 2.24) is 15.0 Å². The first-order valence-corrected chi connectivity index (χ1v) is 6.70. The summed E-state index contributed by atoms with van der Waals surface area (Å²) in [5, 5.41) is 3.82. The quantitative estimate of drug-likeness (QED) is 0.593. The number of hydrogen-bond acceptors (Lipinski definition) is 3. The van der Waals surface area contributed by atoms with Crippen LogP contribution in [0.25, 0.3) is 11.0 Å². The summed E-state index contributed by atoms with van der Waals surface area (Å²) in [6.45, 7) is 0.112. The summed E-state index contributed by atoms with van der Waals surface area (Å²) in [6, 6.07) is 13.5. The third-order valence-electron chi connectivity index (χ3n) is 3.09. The third kappa shape index (κ3) is 3.17. The topological polar surface area (TPSA) is 59.3 Å². The standard InChI is InChI=1S/C16H13FN4O/c17-13-5-3-4-12(8-13)9-19-20-16(22)10-21-11-18-14-6-1-2-7-15(14)21/h1-9,11H,10H2,(H,20,22)/b19-9+. The van der Waals surface area contributed by atoms with Gasteiger partial charge in [-0.2, -0.15) is 5.10 Å². The number of imidazole rings is 1. The van der Waals surface area contributed by atoms with E-state index >= 15 is 0 Å². The molecule has 0 saturated heterocycles. The van der Waals surface area contributed by atoms with E-state index in [1.165, 1.54) is 18.3 Å². The average molecular weight is 296 g/mol. The summed E-state index contributed by atoms with van der Waals surface area (Å²) < 4.78 is 14.7. The molecule has 0 atom stereocenters. The van der Waals surface area contributed by atoms with Crippen LogP contribution >= 0.6 is 0 Å². The molecule has 0 unspecified atom stereocenters. The van der Waals surface area contributed by atoms with Crippen molar-refractivity contribution in [3.63, 3.8) is 0 Å². The highest BCUT2D eigenvalue weighted by Crippen LogP contribution is 2.11. The van der Waals surface area contributed by atoms with Gasteiger partial charge in [0.05, 0.1) is 23.6 Å². The lowest BCUT2D eigenvalue weighted by Crippen LogP contribution is -2.22. The fraction of sp³-hybridized carbons (Fsp3) is 0.0625. The molecule has 0 aliphatic heterocycles. The van der Waals surface area contributed by atoms with Gasteiger partial charge in [-0.3, -0.25) is 4.79 Å². The van der Waals surface area contributed by atoms with Crippen molar-refractivity contribution in [2.75, 3.05) is 0 Å². The first-order chi connectivity index (χ1) is 10.7. The molecule has 0 radical (unpaired) electrons. The fourth-order valence-corrected chi connectivity index (χ4v) is 2.09. The molecule has 5 nitrogen and oxygen atoms in total. The normalized spacial score (nSPS) is 11.1. The van der Waals surface area contributed by atoms with Gasteiger partial charge >= 0.3 is 0 Å². The number of aromatic nitrogens is 2. The molecule has 22 heavy (non-hydrogen) atoms. The first-order valence-electron chi connectivity index (χ1n) is 6.70. The van der Waals surface area contributed by atoms with Crippen molar-refractivity contribution < 1.29 is 9.18 Å². The number of nitrogens with one attached hydrogen (secondary N) is 1. The van der Waals surface area contributed by atoms with Gasteiger partial charge in [-0.25, -0.2) is 14.8 Å². The molecule has 0 aliphatic rings. The molecule has 0 spiro atoms. The molecule has 0 saturated carbocycles. The summed E-state index contributed by atoms with van der Waals surface area (Å²) in [7, 11) is 0. The lowest BCUT2D eigenvalue weighted by Gasteiger charge is -2.02. The zero-order valence-electron chi connectivity index (χ0n) is 11.6. The summed E-state index contributed by atoms with van der Waals surface area (Å²) in [4.78, 5) is 16.1. The number of fused-ring (bicyclic) bond motifs is 1. The Bertz CT molecular complexity index is 841. The maximum atomic E-state index is 13.0. The summed E-state index contributed by atoms with van der Waals surface area (Å²) in [5.41, 5.74) is 4.70. The Kier molecular flexibility index (Phi) is 3.91. The van der Waals surface area contributed by atoms with Gasteiger partial charge in [0, 0.05) is 0 Å². The van der Waals surface area contributed by atoms with Crippen LogP contribution in [0.15, 0.2) is 60.0 Å². The number of hydrogen-bond donors (Lipinski definition) is 1. The van der Waals surface area contributed by atoms with Crippen LogP contribution in [0.5, 0.6) is 0 Å². The van der Waals surface area contributed by atoms with Gasteiger partial charge < -0.3 is 4.57 Å². The molecule has 6 heteroatoms. The minimum absolute atomic E-state index is 0.112. The number of amides is 1. The van der Waals surface area contributed by atoms with Gasteiger partial charge in [0.2, 0.25) is 0 Å². The van der Waals surface area contributed by atoms with E-state index in [1.54, 1.807) is 23.0 Å². The van der Waals surface area contributed by atoms with Gasteiger partial charge in [0.1, 0.15) is 12.4 Å². The highest BCUT2D eigenvalue weighted by Gasteiger charge is 2.05. The van der Waals surface area contributed by atoms with Gasteiger partial charge in [0.25, 0.3) is 5.91 Å². The van der Waals surface area contributed by atoms with E-state index in [4.69, 9.17) is 0 Å². The number of para-hydroxylation sites is 2. The van der Waals surface area contributed by atoms with Crippen molar-refractivity contribution in [1.29, 1.82) is 0 Å². The van der Waals surface area contributed by atoms with E-state index in [0.717, 1.165) is 11.0 Å². The third-order valence-corrected chi connectivity index (χ3v) is 3.09. The smallest absolute Gasteiger partial charge is 0.260 e. The highest BCUT2D eigenvalue weighted by molar-refractivity contribution is 5.83. The number of carbonyl (C=O) groups excluding carboxylic acids is 1. The molecular weight excluding hydrogens is 283 g/mol. The minimum atomic E-state index is -0.347. The molecule has 3 rings (SSSR count). The molecule has 1 N–H and O–H groups in total. The van der Waals surface area contributed by atoms with E-state index in [1.807, 2.05) is 24.3 Å².